The summed E-state index contributed by atoms with van der Waals surface area (Å²) in [6.07, 6.45) is 4.82. The number of rotatable bonds is 8. The van der Waals surface area contributed by atoms with Crippen LogP contribution in [-0.4, -0.2) is 47.3 Å². The highest BCUT2D eigenvalue weighted by molar-refractivity contribution is 5.73. The molecule has 2 aromatic rings. The van der Waals surface area contributed by atoms with Gasteiger partial charge in [-0.05, 0) is 60.4 Å². The molecule has 2 aliphatic rings. The van der Waals surface area contributed by atoms with E-state index in [1.807, 2.05) is 6.20 Å². The summed E-state index contributed by atoms with van der Waals surface area (Å²) >= 11 is 0. The molecule has 7 heteroatoms. The molecule has 2 aliphatic heterocycles. The van der Waals surface area contributed by atoms with Gasteiger partial charge in [-0.3, -0.25) is 4.79 Å². The predicted octanol–water partition coefficient (Wildman–Crippen LogP) is 3.53. The van der Waals surface area contributed by atoms with Crippen LogP contribution in [0.1, 0.15) is 63.3 Å². The number of fused-ring (bicyclic) bond motifs is 3. The molecule has 4 rings (SSSR count). The van der Waals surface area contributed by atoms with Crippen LogP contribution in [-0.2, 0) is 17.6 Å². The zero-order valence-electron chi connectivity index (χ0n) is 20.6. The summed E-state index contributed by atoms with van der Waals surface area (Å²) < 4.78 is 13.3. The third kappa shape index (κ3) is 5.76. The van der Waals surface area contributed by atoms with Gasteiger partial charge >= 0.3 is 0 Å². The molecule has 0 unspecified atom stereocenters. The van der Waals surface area contributed by atoms with Gasteiger partial charge in [-0.15, -0.1) is 0 Å². The van der Waals surface area contributed by atoms with Gasteiger partial charge in [-0.25, -0.2) is 9.37 Å². The Morgan fingerprint density at radius 2 is 2.00 bits per heavy atom. The van der Waals surface area contributed by atoms with Gasteiger partial charge in [0.25, 0.3) is 0 Å². The molecule has 3 N–H and O–H groups in total. The maximum Gasteiger partial charge on any atom is 0.217 e. The van der Waals surface area contributed by atoms with Crippen molar-refractivity contribution in [2.24, 2.45) is 5.41 Å². The molecule has 4 atom stereocenters. The van der Waals surface area contributed by atoms with E-state index in [2.05, 4.69) is 42.4 Å². The Balaban J connectivity index is 1.49. The average Bonchev–Trinajstić information content (AvgIpc) is 3.33. The normalized spacial score (nSPS) is 21.2. The quantitative estimate of drug-likeness (QED) is 0.553. The molecule has 3 heterocycles. The summed E-state index contributed by atoms with van der Waals surface area (Å²) in [6.45, 7) is 9.48. The number of hydrogen-bond donors (Lipinski definition) is 3. The van der Waals surface area contributed by atoms with Gasteiger partial charge in [0.1, 0.15) is 11.6 Å². The van der Waals surface area contributed by atoms with E-state index in [1.54, 1.807) is 12.1 Å². The third-order valence-corrected chi connectivity index (χ3v) is 6.75. The molecule has 0 saturated carbocycles. The first kappa shape index (κ1) is 24.6. The van der Waals surface area contributed by atoms with E-state index in [4.69, 9.17) is 4.98 Å². The molecule has 1 aromatic carbocycles. The zero-order valence-corrected chi connectivity index (χ0v) is 20.6. The summed E-state index contributed by atoms with van der Waals surface area (Å²) in [4.78, 5) is 19.0. The molecule has 0 aliphatic carbocycles. The molecule has 0 spiro atoms. The molecular weight excluding hydrogens is 431 g/mol. The summed E-state index contributed by atoms with van der Waals surface area (Å²) in [5, 5.41) is 17.5. The number of hydrogen-bond acceptors (Lipinski definition) is 5. The van der Waals surface area contributed by atoms with E-state index in [-0.39, 0.29) is 23.2 Å². The highest BCUT2D eigenvalue weighted by Gasteiger charge is 2.42. The van der Waals surface area contributed by atoms with Crippen molar-refractivity contribution in [3.05, 3.63) is 59.0 Å². The average molecular weight is 469 g/mol. The highest BCUT2D eigenvalue weighted by atomic mass is 19.1. The van der Waals surface area contributed by atoms with Crippen LogP contribution in [0.4, 0.5) is 10.2 Å². The number of pyridine rings is 1. The lowest BCUT2D eigenvalue weighted by atomic mass is 9.88. The van der Waals surface area contributed by atoms with Gasteiger partial charge in [-0.1, -0.05) is 32.9 Å². The molecule has 1 saturated heterocycles. The maximum absolute atomic E-state index is 13.3. The Morgan fingerprint density at radius 3 is 2.68 bits per heavy atom. The number of benzene rings is 1. The maximum atomic E-state index is 13.3. The number of carbonyl (C=O) groups excluding carboxylic acids is 1. The molecule has 1 aromatic heterocycles. The monoisotopic (exact) mass is 468 g/mol. The van der Waals surface area contributed by atoms with Crippen LogP contribution >= 0.6 is 0 Å². The lowest BCUT2D eigenvalue weighted by molar-refractivity contribution is -0.120. The molecular formula is C27H37FN4O2. The Bertz CT molecular complexity index is 1000. The van der Waals surface area contributed by atoms with Gasteiger partial charge in [0.05, 0.1) is 24.2 Å². The molecule has 34 heavy (non-hydrogen) atoms. The Labute approximate surface area is 202 Å². The van der Waals surface area contributed by atoms with Crippen LogP contribution in [0.2, 0.25) is 0 Å². The molecule has 0 bridgehead atoms. The largest absolute Gasteiger partial charge is 0.390 e. The number of nitrogens with one attached hydrogen (secondary N) is 2. The Morgan fingerprint density at radius 1 is 1.26 bits per heavy atom. The fourth-order valence-electron chi connectivity index (χ4n) is 5.36. The zero-order chi connectivity index (χ0) is 24.5. The van der Waals surface area contributed by atoms with Crippen molar-refractivity contribution < 1.29 is 14.3 Å². The fraction of sp³-hybridized carbons (Fsp3) is 0.556. The molecule has 0 radical (unpaired) electrons. The van der Waals surface area contributed by atoms with Crippen LogP contribution in [0.25, 0.3) is 0 Å². The highest BCUT2D eigenvalue weighted by Crippen LogP contribution is 2.43. The first-order valence-electron chi connectivity index (χ1n) is 12.3. The third-order valence-electron chi connectivity index (χ3n) is 6.75. The smallest absolute Gasteiger partial charge is 0.217 e. The fourth-order valence-corrected chi connectivity index (χ4v) is 5.36. The number of halogens is 1. The summed E-state index contributed by atoms with van der Waals surface area (Å²) in [6, 6.07) is 8.40. The second-order valence-electron chi connectivity index (χ2n) is 11.0. The van der Waals surface area contributed by atoms with Crippen molar-refractivity contribution in [3.8, 4) is 0 Å². The van der Waals surface area contributed by atoms with E-state index >= 15 is 0 Å². The van der Waals surface area contributed by atoms with Crippen LogP contribution in [0.5, 0.6) is 0 Å². The number of amides is 1. The number of aliphatic hydroxyl groups is 1. The lowest BCUT2D eigenvalue weighted by Gasteiger charge is -2.28. The van der Waals surface area contributed by atoms with Crippen LogP contribution in [0.3, 0.4) is 0 Å². The number of aromatic nitrogens is 1. The second kappa shape index (κ2) is 10.0. The first-order valence-corrected chi connectivity index (χ1v) is 12.3. The van der Waals surface area contributed by atoms with Crippen molar-refractivity contribution in [2.45, 2.75) is 77.6 Å². The summed E-state index contributed by atoms with van der Waals surface area (Å²) in [7, 11) is 0. The van der Waals surface area contributed by atoms with E-state index in [9.17, 15) is 14.3 Å². The minimum atomic E-state index is -0.793. The number of nitrogens with zero attached hydrogens (tertiary/aromatic N) is 2. The van der Waals surface area contributed by atoms with Gasteiger partial charge in [0.15, 0.2) is 0 Å². The topological polar surface area (TPSA) is 77.5 Å². The van der Waals surface area contributed by atoms with Crippen molar-refractivity contribution in [1.82, 2.24) is 15.6 Å². The van der Waals surface area contributed by atoms with Crippen molar-refractivity contribution in [3.63, 3.8) is 0 Å². The number of carbonyl (C=O) groups is 1. The summed E-state index contributed by atoms with van der Waals surface area (Å²) in [5.41, 5.74) is 3.47. The Hall–Kier alpha value is -2.51. The van der Waals surface area contributed by atoms with Gasteiger partial charge in [0, 0.05) is 31.8 Å². The van der Waals surface area contributed by atoms with Crippen LogP contribution < -0.4 is 15.5 Å². The van der Waals surface area contributed by atoms with Gasteiger partial charge in [0.2, 0.25) is 5.91 Å². The molecule has 184 valence electrons. The molecule has 1 fully saturated rings. The van der Waals surface area contributed by atoms with E-state index in [0.29, 0.717) is 19.0 Å². The number of anilines is 1. The van der Waals surface area contributed by atoms with E-state index in [0.717, 1.165) is 37.2 Å². The lowest BCUT2D eigenvalue weighted by Crippen LogP contribution is -2.49. The summed E-state index contributed by atoms with van der Waals surface area (Å²) in [5.74, 6) is 0.551. The SMILES string of the molecule is CC(=O)N[C@@H](Cc1ccc(F)cc1)[C@H](O)CN[C@@H]1c2cc(CC(C)(C)C)cnc2N2CCC[C@@H]12. The van der Waals surface area contributed by atoms with E-state index in [1.165, 1.54) is 30.2 Å². The van der Waals surface area contributed by atoms with E-state index < -0.39 is 12.1 Å². The molecule has 1 amide bonds. The minimum absolute atomic E-state index is 0.0865. The Kier molecular flexibility index (Phi) is 7.24. The van der Waals surface area contributed by atoms with Crippen molar-refractivity contribution >= 4 is 11.7 Å². The van der Waals surface area contributed by atoms with Gasteiger partial charge in [-0.2, -0.15) is 0 Å². The predicted molar refractivity (Wildman–Crippen MR) is 132 cm³/mol. The molecule has 6 nitrogen and oxygen atoms in total. The van der Waals surface area contributed by atoms with Crippen molar-refractivity contribution in [2.75, 3.05) is 18.0 Å². The second-order valence-corrected chi connectivity index (χ2v) is 11.0. The van der Waals surface area contributed by atoms with Crippen LogP contribution in [0.15, 0.2) is 36.5 Å². The first-order chi connectivity index (χ1) is 16.1. The standard InChI is InChI=1S/C27H37FN4O2/c1-17(33)31-22(13-18-7-9-20(28)10-8-18)24(34)16-29-25-21-12-19(14-27(2,3)4)15-30-26(21)32-11-5-6-23(25)32/h7-10,12,15,22-25,29,34H,5-6,11,13-14,16H2,1-4H3,(H,31,33)/t22-,23-,24+,25+/m0/s1. The minimum Gasteiger partial charge on any atom is -0.390 e. The number of aliphatic hydroxyl groups excluding tert-OH is 1. The van der Waals surface area contributed by atoms with Gasteiger partial charge < -0.3 is 20.6 Å². The van der Waals surface area contributed by atoms with Crippen molar-refractivity contribution in [1.29, 1.82) is 0 Å². The van der Waals surface area contributed by atoms with Crippen LogP contribution in [0, 0.1) is 11.2 Å².